The van der Waals surface area contributed by atoms with Gasteiger partial charge < -0.3 is 10.2 Å². The van der Waals surface area contributed by atoms with E-state index in [2.05, 4.69) is 48.5 Å². The molecule has 1 saturated carbocycles. The Morgan fingerprint density at radius 2 is 1.90 bits per heavy atom. The lowest BCUT2D eigenvalue weighted by molar-refractivity contribution is 0.200. The third kappa shape index (κ3) is 4.92. The van der Waals surface area contributed by atoms with Crippen molar-refractivity contribution < 1.29 is 0 Å². The summed E-state index contributed by atoms with van der Waals surface area (Å²) >= 11 is 0. The molecule has 0 aliphatic heterocycles. The maximum Gasteiger partial charge on any atom is 0.0233 e. The third-order valence-electron chi connectivity index (χ3n) is 4.35. The highest BCUT2D eigenvalue weighted by Crippen LogP contribution is 2.27. The molecule has 1 aromatic rings. The van der Waals surface area contributed by atoms with Crippen LogP contribution < -0.4 is 5.32 Å². The first-order valence-corrected chi connectivity index (χ1v) is 8.25. The molecule has 20 heavy (non-hydrogen) atoms. The highest BCUT2D eigenvalue weighted by Gasteiger charge is 2.19. The van der Waals surface area contributed by atoms with Crippen LogP contribution in [0.15, 0.2) is 24.3 Å². The van der Waals surface area contributed by atoms with Crippen LogP contribution in [0.1, 0.15) is 43.7 Å². The Morgan fingerprint density at radius 3 is 2.55 bits per heavy atom. The Bertz CT molecular complexity index is 385. The number of hydrogen-bond donors (Lipinski definition) is 1. The summed E-state index contributed by atoms with van der Waals surface area (Å²) in [7, 11) is 2.27. The van der Waals surface area contributed by atoms with Gasteiger partial charge >= 0.3 is 0 Å². The van der Waals surface area contributed by atoms with Crippen LogP contribution in [-0.2, 0) is 13.0 Å². The number of hydrogen-bond acceptors (Lipinski definition) is 2. The fraction of sp³-hybridized carbons (Fsp3) is 0.667. The second-order valence-electron chi connectivity index (χ2n) is 6.26. The molecule has 1 aliphatic carbocycles. The van der Waals surface area contributed by atoms with Gasteiger partial charge in [-0.2, -0.15) is 0 Å². The summed E-state index contributed by atoms with van der Waals surface area (Å²) < 4.78 is 0. The summed E-state index contributed by atoms with van der Waals surface area (Å²) in [6.45, 7) is 6.81. The second kappa shape index (κ2) is 8.43. The van der Waals surface area contributed by atoms with Gasteiger partial charge in [0.1, 0.15) is 0 Å². The maximum atomic E-state index is 3.50. The quantitative estimate of drug-likeness (QED) is 0.694. The minimum atomic E-state index is 0.957. The van der Waals surface area contributed by atoms with Gasteiger partial charge in [0.2, 0.25) is 0 Å². The molecule has 2 rings (SSSR count). The first-order valence-electron chi connectivity index (χ1n) is 8.25. The first-order chi connectivity index (χ1) is 9.79. The van der Waals surface area contributed by atoms with Crippen molar-refractivity contribution in [1.82, 2.24) is 10.2 Å². The van der Waals surface area contributed by atoms with Gasteiger partial charge in [-0.25, -0.2) is 0 Å². The van der Waals surface area contributed by atoms with E-state index in [-0.39, 0.29) is 0 Å². The molecule has 0 aromatic heterocycles. The van der Waals surface area contributed by atoms with E-state index in [1.54, 1.807) is 0 Å². The van der Waals surface area contributed by atoms with Crippen molar-refractivity contribution in [3.8, 4) is 0 Å². The van der Waals surface area contributed by atoms with Gasteiger partial charge in [-0.05, 0) is 62.9 Å². The van der Waals surface area contributed by atoms with E-state index in [0.717, 1.165) is 32.0 Å². The number of nitrogens with one attached hydrogen (secondary N) is 1. The zero-order valence-corrected chi connectivity index (χ0v) is 13.2. The van der Waals surface area contributed by atoms with Crippen LogP contribution in [-0.4, -0.2) is 31.6 Å². The summed E-state index contributed by atoms with van der Waals surface area (Å²) in [6.07, 6.45) is 6.68. The van der Waals surface area contributed by atoms with E-state index in [1.807, 2.05) is 0 Å². The molecule has 2 nitrogen and oxygen atoms in total. The van der Waals surface area contributed by atoms with Crippen molar-refractivity contribution in [2.24, 2.45) is 5.92 Å². The predicted octanol–water partition coefficient (Wildman–Crippen LogP) is 3.46. The molecule has 0 atom stereocenters. The van der Waals surface area contributed by atoms with Crippen molar-refractivity contribution in [2.45, 2.75) is 45.6 Å². The van der Waals surface area contributed by atoms with Crippen molar-refractivity contribution in [3.05, 3.63) is 35.4 Å². The van der Waals surface area contributed by atoms with Crippen molar-refractivity contribution in [3.63, 3.8) is 0 Å². The van der Waals surface area contributed by atoms with Gasteiger partial charge in [-0.3, -0.25) is 0 Å². The largest absolute Gasteiger partial charge is 0.316 e. The van der Waals surface area contributed by atoms with E-state index >= 15 is 0 Å². The first kappa shape index (κ1) is 15.5. The van der Waals surface area contributed by atoms with Gasteiger partial charge in [-0.15, -0.1) is 0 Å². The molecule has 1 fully saturated rings. The van der Waals surface area contributed by atoms with Crippen LogP contribution in [0.5, 0.6) is 0 Å². The molecule has 112 valence electrons. The summed E-state index contributed by atoms with van der Waals surface area (Å²) in [5.41, 5.74) is 3.02. The third-order valence-corrected chi connectivity index (χ3v) is 4.35. The minimum absolute atomic E-state index is 0.957. The Morgan fingerprint density at radius 1 is 1.15 bits per heavy atom. The fourth-order valence-corrected chi connectivity index (χ4v) is 2.95. The molecule has 0 bridgehead atoms. The van der Waals surface area contributed by atoms with E-state index < -0.39 is 0 Å². The molecule has 0 spiro atoms. The molecule has 1 N–H and O–H groups in total. The molecule has 0 unspecified atom stereocenters. The molecular weight excluding hydrogens is 244 g/mol. The minimum Gasteiger partial charge on any atom is -0.316 e. The molecule has 2 heteroatoms. The van der Waals surface area contributed by atoms with Crippen molar-refractivity contribution >= 4 is 0 Å². The van der Waals surface area contributed by atoms with E-state index in [1.165, 1.54) is 43.4 Å². The Kier molecular flexibility index (Phi) is 6.55. The topological polar surface area (TPSA) is 15.3 Å². The predicted molar refractivity (Wildman–Crippen MR) is 87.0 cm³/mol. The Balaban J connectivity index is 1.82. The Labute approximate surface area is 124 Å². The number of benzene rings is 1. The van der Waals surface area contributed by atoms with E-state index in [9.17, 15) is 0 Å². The lowest BCUT2D eigenvalue weighted by Gasteiger charge is -2.30. The smallest absolute Gasteiger partial charge is 0.0233 e. The van der Waals surface area contributed by atoms with Crippen LogP contribution in [0.3, 0.4) is 0 Å². The highest BCUT2D eigenvalue weighted by atomic mass is 15.1. The lowest BCUT2D eigenvalue weighted by Crippen LogP contribution is -2.29. The van der Waals surface area contributed by atoms with Crippen LogP contribution in [0.25, 0.3) is 0 Å². The van der Waals surface area contributed by atoms with Gasteiger partial charge in [0, 0.05) is 13.1 Å². The van der Waals surface area contributed by atoms with Gasteiger partial charge in [0.15, 0.2) is 0 Å². The number of nitrogens with zero attached hydrogens (tertiary/aromatic N) is 1. The van der Waals surface area contributed by atoms with Crippen molar-refractivity contribution in [1.29, 1.82) is 0 Å². The monoisotopic (exact) mass is 274 g/mol. The second-order valence-corrected chi connectivity index (χ2v) is 6.26. The summed E-state index contributed by atoms with van der Waals surface area (Å²) in [6, 6.07) is 8.94. The highest BCUT2D eigenvalue weighted by molar-refractivity contribution is 5.27. The summed E-state index contributed by atoms with van der Waals surface area (Å²) in [5.74, 6) is 0.957. The number of rotatable bonds is 9. The van der Waals surface area contributed by atoms with Crippen LogP contribution in [0.4, 0.5) is 0 Å². The molecule has 1 aromatic carbocycles. The summed E-state index contributed by atoms with van der Waals surface area (Å²) in [5, 5.41) is 3.50. The van der Waals surface area contributed by atoms with Gasteiger partial charge in [-0.1, -0.05) is 37.6 Å². The van der Waals surface area contributed by atoms with Crippen LogP contribution >= 0.6 is 0 Å². The molecule has 0 radical (unpaired) electrons. The van der Waals surface area contributed by atoms with Crippen LogP contribution in [0, 0.1) is 5.92 Å². The average Bonchev–Trinajstić information content (AvgIpc) is 2.41. The van der Waals surface area contributed by atoms with Gasteiger partial charge in [0.25, 0.3) is 0 Å². The SMILES string of the molecule is CCCNCCc1ccccc1CN(C)CC1CCC1. The van der Waals surface area contributed by atoms with E-state index in [4.69, 9.17) is 0 Å². The van der Waals surface area contributed by atoms with Crippen molar-refractivity contribution in [2.75, 3.05) is 26.7 Å². The zero-order valence-electron chi connectivity index (χ0n) is 13.2. The standard InChI is InChI=1S/C18H30N2/c1-3-12-19-13-11-17-9-4-5-10-18(17)15-20(2)14-16-7-6-8-16/h4-5,9-10,16,19H,3,6-8,11-15H2,1-2H3. The molecule has 0 heterocycles. The molecule has 1 aliphatic rings. The molecular formula is C18H30N2. The lowest BCUT2D eigenvalue weighted by atomic mass is 9.85. The molecule has 0 amide bonds. The Hall–Kier alpha value is -0.860. The molecule has 0 saturated heterocycles. The van der Waals surface area contributed by atoms with Crippen LogP contribution in [0.2, 0.25) is 0 Å². The fourth-order valence-electron chi connectivity index (χ4n) is 2.95. The van der Waals surface area contributed by atoms with E-state index in [0.29, 0.717) is 0 Å². The zero-order chi connectivity index (χ0) is 14.2. The maximum absolute atomic E-state index is 3.50. The normalized spacial score (nSPS) is 15.6. The average molecular weight is 274 g/mol. The van der Waals surface area contributed by atoms with Gasteiger partial charge in [0.05, 0.1) is 0 Å². The summed E-state index contributed by atoms with van der Waals surface area (Å²) in [4.78, 5) is 2.50.